The van der Waals surface area contributed by atoms with E-state index in [1.165, 1.54) is 18.5 Å². The highest BCUT2D eigenvalue weighted by molar-refractivity contribution is 6.37. The number of alkyl halides is 3. The van der Waals surface area contributed by atoms with Gasteiger partial charge < -0.3 is 4.90 Å². The lowest BCUT2D eigenvalue weighted by atomic mass is 10.1. The van der Waals surface area contributed by atoms with Crippen LogP contribution in [0.5, 0.6) is 0 Å². The summed E-state index contributed by atoms with van der Waals surface area (Å²) in [7, 11) is 2.91. The molecule has 1 heterocycles. The molecule has 2 rings (SSSR count). The van der Waals surface area contributed by atoms with Gasteiger partial charge in [0.25, 0.3) is 0 Å². The summed E-state index contributed by atoms with van der Waals surface area (Å²) in [5.41, 5.74) is -1.81. The van der Waals surface area contributed by atoms with E-state index in [4.69, 9.17) is 23.2 Å². The normalized spacial score (nSPS) is 12.0. The van der Waals surface area contributed by atoms with E-state index in [1.807, 2.05) is 6.92 Å². The second-order valence-corrected chi connectivity index (χ2v) is 6.28. The molecule has 0 fully saturated rings. The van der Waals surface area contributed by atoms with E-state index in [2.05, 4.69) is 10.1 Å². The van der Waals surface area contributed by atoms with E-state index in [9.17, 15) is 18.0 Å². The topological polar surface area (TPSA) is 50.5 Å². The van der Waals surface area contributed by atoms with Crippen LogP contribution in [0, 0.1) is 0 Å². The molecule has 0 aliphatic rings. The first kappa shape index (κ1) is 20.3. The molecule has 5 nitrogen and oxygen atoms in total. The Hall–Kier alpha value is -2.06. The molecule has 0 aliphatic heterocycles. The summed E-state index contributed by atoms with van der Waals surface area (Å²) in [6.45, 7) is 2.64. The third kappa shape index (κ3) is 4.37. The summed E-state index contributed by atoms with van der Waals surface area (Å²) in [6.07, 6.45) is -3.15. The van der Waals surface area contributed by atoms with Gasteiger partial charge in [0.05, 0.1) is 22.1 Å². The molecule has 0 saturated heterocycles. The van der Waals surface area contributed by atoms with E-state index in [-0.39, 0.29) is 21.3 Å². The van der Waals surface area contributed by atoms with Gasteiger partial charge in [-0.3, -0.25) is 9.48 Å². The molecular formula is C16H15Cl2F3N4O. The standard InChI is InChI=1S/C16H15Cl2F3N4O/c1-4-24(2)8-22-12-5-9(10(17)6-11(12)18)15-13(26)7-14(16(19,20)21)25(3)23-15/h5-8H,4H2,1-3H3. The number of hydrogen-bond acceptors (Lipinski definition) is 3. The maximum Gasteiger partial charge on any atom is 0.433 e. The van der Waals surface area contributed by atoms with Crippen LogP contribution in [0.4, 0.5) is 18.9 Å². The molecule has 0 bridgehead atoms. The fourth-order valence-corrected chi connectivity index (χ4v) is 2.57. The van der Waals surface area contributed by atoms with Crippen LogP contribution in [-0.2, 0) is 13.2 Å². The molecule has 0 radical (unpaired) electrons. The monoisotopic (exact) mass is 406 g/mol. The van der Waals surface area contributed by atoms with Crippen molar-refractivity contribution in [3.8, 4) is 11.3 Å². The van der Waals surface area contributed by atoms with Gasteiger partial charge in [0.2, 0.25) is 5.43 Å². The Morgan fingerprint density at radius 3 is 2.50 bits per heavy atom. The first-order valence-electron chi connectivity index (χ1n) is 7.44. The van der Waals surface area contributed by atoms with Crippen LogP contribution >= 0.6 is 23.2 Å². The molecule has 1 aromatic carbocycles. The minimum atomic E-state index is -4.69. The molecule has 26 heavy (non-hydrogen) atoms. The zero-order valence-corrected chi connectivity index (χ0v) is 15.6. The summed E-state index contributed by atoms with van der Waals surface area (Å²) in [6, 6.07) is 3.28. The third-order valence-electron chi connectivity index (χ3n) is 3.57. The predicted molar refractivity (Wildman–Crippen MR) is 96.4 cm³/mol. The van der Waals surface area contributed by atoms with Crippen molar-refractivity contribution in [3.63, 3.8) is 0 Å². The van der Waals surface area contributed by atoms with Gasteiger partial charge in [0.15, 0.2) is 0 Å². The van der Waals surface area contributed by atoms with Gasteiger partial charge >= 0.3 is 6.18 Å². The van der Waals surface area contributed by atoms with Gasteiger partial charge in [-0.15, -0.1) is 0 Å². The van der Waals surface area contributed by atoms with Crippen molar-refractivity contribution in [2.24, 2.45) is 12.0 Å². The van der Waals surface area contributed by atoms with Crippen LogP contribution in [0.25, 0.3) is 11.3 Å². The largest absolute Gasteiger partial charge is 0.433 e. The molecular weight excluding hydrogens is 392 g/mol. The fourth-order valence-electron chi connectivity index (χ4n) is 2.05. The Bertz CT molecular complexity index is 910. The fraction of sp³-hybridized carbons (Fsp3) is 0.312. The van der Waals surface area contributed by atoms with Crippen LogP contribution in [0.3, 0.4) is 0 Å². The lowest BCUT2D eigenvalue weighted by molar-refractivity contribution is -0.144. The van der Waals surface area contributed by atoms with Crippen LogP contribution < -0.4 is 5.43 Å². The summed E-state index contributed by atoms with van der Waals surface area (Å²) < 4.78 is 39.3. The zero-order chi connectivity index (χ0) is 19.6. The van der Waals surface area contributed by atoms with Gasteiger partial charge in [-0.1, -0.05) is 23.2 Å². The first-order chi connectivity index (χ1) is 12.0. The molecule has 140 valence electrons. The molecule has 2 aromatic rings. The number of aromatic nitrogens is 2. The number of hydrogen-bond donors (Lipinski definition) is 0. The number of rotatable bonds is 4. The summed E-state index contributed by atoms with van der Waals surface area (Å²) in [5, 5.41) is 4.07. The van der Waals surface area contributed by atoms with Crippen molar-refractivity contribution >= 4 is 35.2 Å². The van der Waals surface area contributed by atoms with Gasteiger partial charge in [0, 0.05) is 32.3 Å². The Balaban J connectivity index is 2.61. The average molecular weight is 407 g/mol. The molecule has 0 N–H and O–H groups in total. The number of aliphatic imine (C=N–C) groups is 1. The van der Waals surface area contributed by atoms with E-state index in [0.717, 1.165) is 7.05 Å². The van der Waals surface area contributed by atoms with Crippen molar-refractivity contribution in [2.45, 2.75) is 13.1 Å². The molecule has 0 spiro atoms. The summed E-state index contributed by atoms with van der Waals surface area (Å²) in [5.74, 6) is 0. The molecule has 0 atom stereocenters. The second kappa shape index (κ2) is 7.67. The SMILES string of the molecule is CCN(C)C=Nc1cc(-c2nn(C)c(C(F)(F)F)cc2=O)c(Cl)cc1Cl. The van der Waals surface area contributed by atoms with Gasteiger partial charge in [-0.25, -0.2) is 4.99 Å². The molecule has 0 aliphatic carbocycles. The van der Waals surface area contributed by atoms with Crippen molar-refractivity contribution in [1.82, 2.24) is 14.7 Å². The van der Waals surface area contributed by atoms with Gasteiger partial charge in [-0.2, -0.15) is 18.3 Å². The number of halogens is 5. The minimum Gasteiger partial charge on any atom is -0.366 e. The van der Waals surface area contributed by atoms with Crippen molar-refractivity contribution in [1.29, 1.82) is 0 Å². The van der Waals surface area contributed by atoms with E-state index >= 15 is 0 Å². The molecule has 0 amide bonds. The van der Waals surface area contributed by atoms with Crippen LogP contribution in [0.15, 0.2) is 28.0 Å². The van der Waals surface area contributed by atoms with Crippen molar-refractivity contribution in [2.75, 3.05) is 13.6 Å². The van der Waals surface area contributed by atoms with Crippen LogP contribution in [0.2, 0.25) is 10.0 Å². The Morgan fingerprint density at radius 2 is 1.92 bits per heavy atom. The lowest BCUT2D eigenvalue weighted by Gasteiger charge is -2.13. The summed E-state index contributed by atoms with van der Waals surface area (Å²) in [4.78, 5) is 18.2. The first-order valence-corrected chi connectivity index (χ1v) is 8.19. The molecule has 1 aromatic heterocycles. The van der Waals surface area contributed by atoms with E-state index < -0.39 is 17.3 Å². The molecule has 10 heteroatoms. The van der Waals surface area contributed by atoms with Crippen molar-refractivity contribution in [3.05, 3.63) is 44.2 Å². The average Bonchev–Trinajstić information content (AvgIpc) is 2.54. The van der Waals surface area contributed by atoms with Gasteiger partial charge in [0.1, 0.15) is 11.4 Å². The maximum atomic E-state index is 12.9. The molecule has 0 saturated carbocycles. The predicted octanol–water partition coefficient (Wildman–Crippen LogP) is 4.38. The van der Waals surface area contributed by atoms with Crippen LogP contribution in [0.1, 0.15) is 12.6 Å². The number of nitrogens with zero attached hydrogens (tertiary/aromatic N) is 4. The smallest absolute Gasteiger partial charge is 0.366 e. The molecule has 0 unspecified atom stereocenters. The Morgan fingerprint density at radius 1 is 1.27 bits per heavy atom. The Labute approximate surface area is 157 Å². The van der Waals surface area contributed by atoms with E-state index in [0.29, 0.717) is 23.0 Å². The number of benzene rings is 1. The van der Waals surface area contributed by atoms with E-state index in [1.54, 1.807) is 11.9 Å². The number of aryl methyl sites for hydroxylation is 1. The quantitative estimate of drug-likeness (QED) is 0.558. The lowest BCUT2D eigenvalue weighted by Crippen LogP contribution is -2.22. The third-order valence-corrected chi connectivity index (χ3v) is 4.19. The highest BCUT2D eigenvalue weighted by Crippen LogP contribution is 2.36. The second-order valence-electron chi connectivity index (χ2n) is 5.47. The minimum absolute atomic E-state index is 0.0853. The zero-order valence-electron chi connectivity index (χ0n) is 14.1. The Kier molecular flexibility index (Phi) is 5.98. The maximum absolute atomic E-state index is 12.9. The highest BCUT2D eigenvalue weighted by Gasteiger charge is 2.34. The van der Waals surface area contributed by atoms with Gasteiger partial charge in [-0.05, 0) is 19.1 Å². The van der Waals surface area contributed by atoms with Crippen molar-refractivity contribution < 1.29 is 13.2 Å². The highest BCUT2D eigenvalue weighted by atomic mass is 35.5. The van der Waals surface area contributed by atoms with Crippen LogP contribution in [-0.4, -0.2) is 34.6 Å². The summed E-state index contributed by atoms with van der Waals surface area (Å²) >= 11 is 12.2.